The van der Waals surface area contributed by atoms with Crippen LogP contribution in [0.4, 0.5) is 0 Å². The first-order valence-electron chi connectivity index (χ1n) is 6.96. The van der Waals surface area contributed by atoms with Crippen LogP contribution >= 0.6 is 0 Å². The van der Waals surface area contributed by atoms with E-state index in [-0.39, 0.29) is 28.6 Å². The van der Waals surface area contributed by atoms with Gasteiger partial charge >= 0.3 is 0 Å². The molecule has 20 heavy (non-hydrogen) atoms. The lowest BCUT2D eigenvalue weighted by Gasteiger charge is -2.46. The summed E-state index contributed by atoms with van der Waals surface area (Å²) in [5.74, 6) is -0.139. The zero-order valence-corrected chi connectivity index (χ0v) is 12.5. The summed E-state index contributed by atoms with van der Waals surface area (Å²) in [5.41, 5.74) is 0.263. The summed E-state index contributed by atoms with van der Waals surface area (Å²) in [5, 5.41) is 6.65. The van der Waals surface area contributed by atoms with Gasteiger partial charge in [0.2, 0.25) is 5.56 Å². The monoisotopic (exact) mass is 277 g/mol. The molecule has 2 rings (SSSR count). The number of hydrogen-bond donors (Lipinski definition) is 3. The molecule has 1 amide bonds. The summed E-state index contributed by atoms with van der Waals surface area (Å²) in [6.45, 7) is 8.58. The van der Waals surface area contributed by atoms with Gasteiger partial charge in [-0.25, -0.2) is 0 Å². The van der Waals surface area contributed by atoms with Crippen molar-refractivity contribution >= 4 is 5.91 Å². The normalized spacial score (nSPS) is 21.4. The van der Waals surface area contributed by atoms with E-state index >= 15 is 0 Å². The standard InChI is InChI=1S/C15H23N3O2/c1-14(2)7-11(8-15(3,4)18-14)17-13(20)10-5-6-12(19)16-9-10/h5-6,9,11,18H,7-8H2,1-4H3,(H,16,19)(H,17,20). The fourth-order valence-corrected chi connectivity index (χ4v) is 3.24. The zero-order chi connectivity index (χ0) is 15.0. The fourth-order valence-electron chi connectivity index (χ4n) is 3.24. The Kier molecular flexibility index (Phi) is 3.73. The van der Waals surface area contributed by atoms with Gasteiger partial charge in [-0.15, -0.1) is 0 Å². The van der Waals surface area contributed by atoms with Gasteiger partial charge in [0.15, 0.2) is 0 Å². The Balaban J connectivity index is 2.07. The second kappa shape index (κ2) is 5.05. The second-order valence-electron chi connectivity index (χ2n) is 6.91. The van der Waals surface area contributed by atoms with Crippen molar-refractivity contribution in [2.75, 3.05) is 0 Å². The molecule has 2 heterocycles. The van der Waals surface area contributed by atoms with Gasteiger partial charge in [0.25, 0.3) is 5.91 Å². The third-order valence-electron chi connectivity index (χ3n) is 3.57. The molecule has 110 valence electrons. The zero-order valence-electron chi connectivity index (χ0n) is 12.5. The molecule has 1 aliphatic rings. The summed E-state index contributed by atoms with van der Waals surface area (Å²) in [7, 11) is 0. The highest BCUT2D eigenvalue weighted by Crippen LogP contribution is 2.28. The van der Waals surface area contributed by atoms with Crippen LogP contribution in [0.25, 0.3) is 0 Å². The first-order chi connectivity index (χ1) is 9.17. The van der Waals surface area contributed by atoms with Gasteiger partial charge in [-0.05, 0) is 46.6 Å². The highest BCUT2D eigenvalue weighted by molar-refractivity contribution is 5.94. The average molecular weight is 277 g/mol. The van der Waals surface area contributed by atoms with E-state index in [0.717, 1.165) is 12.8 Å². The molecule has 0 unspecified atom stereocenters. The highest BCUT2D eigenvalue weighted by atomic mass is 16.2. The maximum Gasteiger partial charge on any atom is 0.252 e. The van der Waals surface area contributed by atoms with E-state index in [1.54, 1.807) is 6.07 Å². The van der Waals surface area contributed by atoms with E-state index < -0.39 is 0 Å². The van der Waals surface area contributed by atoms with Crippen LogP contribution in [0, 0.1) is 0 Å². The van der Waals surface area contributed by atoms with Gasteiger partial charge in [0, 0.05) is 29.4 Å². The Bertz CT molecular complexity index is 524. The molecule has 0 bridgehead atoms. The van der Waals surface area contributed by atoms with Crippen molar-refractivity contribution in [3.63, 3.8) is 0 Å². The number of aromatic amines is 1. The fraction of sp³-hybridized carbons (Fsp3) is 0.600. The molecule has 1 fully saturated rings. The topological polar surface area (TPSA) is 74.0 Å². The number of H-pyrrole nitrogens is 1. The third kappa shape index (κ3) is 3.70. The molecule has 0 aromatic carbocycles. The Labute approximate surface area is 119 Å². The molecule has 1 aromatic rings. The van der Waals surface area contributed by atoms with Gasteiger partial charge in [-0.2, -0.15) is 0 Å². The molecule has 3 N–H and O–H groups in total. The van der Waals surface area contributed by atoms with E-state index in [9.17, 15) is 9.59 Å². The number of pyridine rings is 1. The maximum absolute atomic E-state index is 12.2. The van der Waals surface area contributed by atoms with Gasteiger partial charge in [0.05, 0.1) is 5.56 Å². The van der Waals surface area contributed by atoms with Crippen molar-refractivity contribution in [1.82, 2.24) is 15.6 Å². The second-order valence-corrected chi connectivity index (χ2v) is 6.91. The van der Waals surface area contributed by atoms with Crippen molar-refractivity contribution in [3.8, 4) is 0 Å². The molecule has 0 saturated carbocycles. The lowest BCUT2D eigenvalue weighted by atomic mass is 9.79. The van der Waals surface area contributed by atoms with E-state index in [4.69, 9.17) is 0 Å². The molecule has 0 atom stereocenters. The summed E-state index contributed by atoms with van der Waals surface area (Å²) in [4.78, 5) is 25.7. The maximum atomic E-state index is 12.2. The first kappa shape index (κ1) is 14.8. The molecule has 1 saturated heterocycles. The van der Waals surface area contributed by atoms with Crippen LogP contribution in [0.15, 0.2) is 23.1 Å². The Morgan fingerprint density at radius 1 is 1.20 bits per heavy atom. The van der Waals surface area contributed by atoms with Crippen LogP contribution in [0.3, 0.4) is 0 Å². The molecule has 0 radical (unpaired) electrons. The Morgan fingerprint density at radius 3 is 2.30 bits per heavy atom. The minimum absolute atomic E-state index is 0.00923. The molecule has 1 aromatic heterocycles. The van der Waals surface area contributed by atoms with Crippen LogP contribution in [0.5, 0.6) is 0 Å². The Morgan fingerprint density at radius 2 is 1.80 bits per heavy atom. The van der Waals surface area contributed by atoms with Crippen molar-refractivity contribution in [1.29, 1.82) is 0 Å². The molecular weight excluding hydrogens is 254 g/mol. The van der Waals surface area contributed by atoms with Crippen LogP contribution in [0.2, 0.25) is 0 Å². The molecule has 0 spiro atoms. The van der Waals surface area contributed by atoms with Crippen molar-refractivity contribution in [3.05, 3.63) is 34.2 Å². The molecule has 0 aliphatic carbocycles. The van der Waals surface area contributed by atoms with Crippen LogP contribution < -0.4 is 16.2 Å². The number of carbonyl (C=O) groups is 1. The lowest BCUT2D eigenvalue weighted by molar-refractivity contribution is 0.0873. The largest absolute Gasteiger partial charge is 0.349 e. The van der Waals surface area contributed by atoms with Crippen LogP contribution in [-0.4, -0.2) is 28.0 Å². The van der Waals surface area contributed by atoms with Gasteiger partial charge in [-0.3, -0.25) is 9.59 Å². The van der Waals surface area contributed by atoms with E-state index in [1.165, 1.54) is 12.3 Å². The number of aromatic nitrogens is 1. The highest BCUT2D eigenvalue weighted by Gasteiger charge is 2.38. The number of piperidine rings is 1. The summed E-state index contributed by atoms with van der Waals surface area (Å²) < 4.78 is 0. The summed E-state index contributed by atoms with van der Waals surface area (Å²) in [6.07, 6.45) is 3.21. The number of rotatable bonds is 2. The molecule has 5 heteroatoms. The van der Waals surface area contributed by atoms with Crippen LogP contribution in [0.1, 0.15) is 50.9 Å². The van der Waals surface area contributed by atoms with Crippen LogP contribution in [-0.2, 0) is 0 Å². The first-order valence-corrected chi connectivity index (χ1v) is 6.96. The van der Waals surface area contributed by atoms with E-state index in [1.807, 2.05) is 0 Å². The van der Waals surface area contributed by atoms with Crippen molar-refractivity contribution in [2.45, 2.75) is 57.7 Å². The summed E-state index contributed by atoms with van der Waals surface area (Å²) >= 11 is 0. The quantitative estimate of drug-likeness (QED) is 0.765. The SMILES string of the molecule is CC1(C)CC(NC(=O)c2ccc(=O)[nH]c2)CC(C)(C)N1. The number of nitrogens with one attached hydrogen (secondary N) is 3. The minimum atomic E-state index is -0.203. The molecular formula is C15H23N3O2. The minimum Gasteiger partial charge on any atom is -0.349 e. The smallest absolute Gasteiger partial charge is 0.252 e. The molecule has 5 nitrogen and oxygen atoms in total. The average Bonchev–Trinajstić information content (AvgIpc) is 2.25. The van der Waals surface area contributed by atoms with E-state index in [2.05, 4.69) is 43.3 Å². The predicted molar refractivity (Wildman–Crippen MR) is 78.8 cm³/mol. The molecule has 1 aliphatic heterocycles. The predicted octanol–water partition coefficient (Wildman–Crippen LogP) is 1.41. The number of hydrogen-bond acceptors (Lipinski definition) is 3. The lowest BCUT2D eigenvalue weighted by Crippen LogP contribution is -2.62. The number of amides is 1. The van der Waals surface area contributed by atoms with Gasteiger partial charge in [0.1, 0.15) is 0 Å². The number of carbonyl (C=O) groups excluding carboxylic acids is 1. The third-order valence-corrected chi connectivity index (χ3v) is 3.57. The van der Waals surface area contributed by atoms with E-state index in [0.29, 0.717) is 5.56 Å². The van der Waals surface area contributed by atoms with Gasteiger partial charge < -0.3 is 15.6 Å². The van der Waals surface area contributed by atoms with Crippen molar-refractivity contribution in [2.24, 2.45) is 0 Å². The Hall–Kier alpha value is -1.62. The summed E-state index contributed by atoms with van der Waals surface area (Å²) in [6, 6.07) is 3.04. The van der Waals surface area contributed by atoms with Crippen molar-refractivity contribution < 1.29 is 4.79 Å². The van der Waals surface area contributed by atoms with Gasteiger partial charge in [-0.1, -0.05) is 0 Å².